The van der Waals surface area contributed by atoms with Crippen LogP contribution in [0.3, 0.4) is 0 Å². The van der Waals surface area contributed by atoms with E-state index in [2.05, 4.69) is 15.3 Å². The predicted octanol–water partition coefficient (Wildman–Crippen LogP) is 3.36. The quantitative estimate of drug-likeness (QED) is 0.768. The standard InChI is InChI=1S/C18H19N3O3/c1-10(2)14(21-17(23)18-20-11(3)9-24-18)13-7-6-12-5-4-8-19-15(12)16(13)22/h4-10,14,22H,1-3H3,(H,21,23). The second-order valence-electron chi connectivity index (χ2n) is 6.07. The smallest absolute Gasteiger partial charge is 0.307 e. The summed E-state index contributed by atoms with van der Waals surface area (Å²) in [6.45, 7) is 5.68. The zero-order valence-corrected chi connectivity index (χ0v) is 13.8. The highest BCUT2D eigenvalue weighted by molar-refractivity contribution is 5.90. The Morgan fingerprint density at radius 1 is 1.29 bits per heavy atom. The first-order chi connectivity index (χ1) is 11.5. The van der Waals surface area contributed by atoms with Crippen molar-refractivity contribution in [3.8, 4) is 5.75 Å². The van der Waals surface area contributed by atoms with Crippen LogP contribution in [0.5, 0.6) is 5.75 Å². The van der Waals surface area contributed by atoms with E-state index in [1.165, 1.54) is 6.26 Å². The predicted molar refractivity (Wildman–Crippen MR) is 89.7 cm³/mol. The first-order valence-electron chi connectivity index (χ1n) is 7.77. The van der Waals surface area contributed by atoms with Gasteiger partial charge in [0, 0.05) is 17.1 Å². The number of carbonyl (C=O) groups excluding carboxylic acids is 1. The van der Waals surface area contributed by atoms with E-state index in [0.717, 1.165) is 5.39 Å². The number of amides is 1. The Balaban J connectivity index is 1.96. The monoisotopic (exact) mass is 325 g/mol. The number of benzene rings is 1. The van der Waals surface area contributed by atoms with Crippen LogP contribution < -0.4 is 5.32 Å². The van der Waals surface area contributed by atoms with E-state index in [4.69, 9.17) is 4.42 Å². The van der Waals surface area contributed by atoms with E-state index in [0.29, 0.717) is 16.8 Å². The van der Waals surface area contributed by atoms with Gasteiger partial charge in [-0.2, -0.15) is 0 Å². The van der Waals surface area contributed by atoms with Crippen molar-refractivity contribution >= 4 is 16.8 Å². The lowest BCUT2D eigenvalue weighted by molar-refractivity contribution is 0.0890. The Kier molecular flexibility index (Phi) is 4.20. The van der Waals surface area contributed by atoms with Crippen molar-refractivity contribution in [2.24, 2.45) is 5.92 Å². The van der Waals surface area contributed by atoms with Crippen molar-refractivity contribution in [1.82, 2.24) is 15.3 Å². The fourth-order valence-corrected chi connectivity index (χ4v) is 2.66. The molecule has 3 aromatic rings. The van der Waals surface area contributed by atoms with Gasteiger partial charge < -0.3 is 14.8 Å². The van der Waals surface area contributed by atoms with E-state index >= 15 is 0 Å². The molecule has 6 nitrogen and oxygen atoms in total. The number of aryl methyl sites for hydroxylation is 1. The molecule has 0 spiro atoms. The van der Waals surface area contributed by atoms with Crippen molar-refractivity contribution in [1.29, 1.82) is 0 Å². The summed E-state index contributed by atoms with van der Waals surface area (Å²) in [6, 6.07) is 6.99. The molecule has 6 heteroatoms. The summed E-state index contributed by atoms with van der Waals surface area (Å²) in [5, 5.41) is 14.3. The molecule has 2 N–H and O–H groups in total. The highest BCUT2D eigenvalue weighted by Crippen LogP contribution is 2.34. The van der Waals surface area contributed by atoms with E-state index in [1.54, 1.807) is 13.1 Å². The highest BCUT2D eigenvalue weighted by Gasteiger charge is 2.25. The second kappa shape index (κ2) is 6.31. The largest absolute Gasteiger partial charge is 0.505 e. The molecule has 0 aliphatic carbocycles. The van der Waals surface area contributed by atoms with Crippen LogP contribution in [-0.4, -0.2) is 21.0 Å². The third-order valence-corrected chi connectivity index (χ3v) is 3.88. The van der Waals surface area contributed by atoms with Crippen LogP contribution in [0.2, 0.25) is 0 Å². The Bertz CT molecular complexity index is 886. The van der Waals surface area contributed by atoms with E-state index in [-0.39, 0.29) is 17.6 Å². The molecule has 3 rings (SSSR count). The Morgan fingerprint density at radius 2 is 2.08 bits per heavy atom. The summed E-state index contributed by atoms with van der Waals surface area (Å²) in [7, 11) is 0. The van der Waals surface area contributed by atoms with Gasteiger partial charge in [-0.3, -0.25) is 9.78 Å². The normalized spacial score (nSPS) is 12.5. The molecule has 0 fully saturated rings. The van der Waals surface area contributed by atoms with Gasteiger partial charge in [-0.1, -0.05) is 32.0 Å². The zero-order chi connectivity index (χ0) is 17.3. The summed E-state index contributed by atoms with van der Waals surface area (Å²) >= 11 is 0. The number of pyridine rings is 1. The van der Waals surface area contributed by atoms with Crippen LogP contribution in [0.15, 0.2) is 41.1 Å². The SMILES string of the molecule is Cc1coc(C(=O)NC(c2ccc3cccnc3c2O)C(C)C)n1. The number of aromatic hydroxyl groups is 1. The van der Waals surface area contributed by atoms with Gasteiger partial charge in [0.25, 0.3) is 5.89 Å². The van der Waals surface area contributed by atoms with Crippen LogP contribution in [0.25, 0.3) is 10.9 Å². The summed E-state index contributed by atoms with van der Waals surface area (Å²) in [5.74, 6) is -0.272. The maximum Gasteiger partial charge on any atom is 0.307 e. The van der Waals surface area contributed by atoms with Gasteiger partial charge in [0.2, 0.25) is 0 Å². The number of hydrogen-bond acceptors (Lipinski definition) is 5. The molecular formula is C18H19N3O3. The van der Waals surface area contributed by atoms with E-state index in [9.17, 15) is 9.90 Å². The van der Waals surface area contributed by atoms with Crippen molar-refractivity contribution < 1.29 is 14.3 Å². The van der Waals surface area contributed by atoms with Gasteiger partial charge in [-0.05, 0) is 18.9 Å². The summed E-state index contributed by atoms with van der Waals surface area (Å²) in [4.78, 5) is 20.6. The van der Waals surface area contributed by atoms with Crippen LogP contribution in [0.4, 0.5) is 0 Å². The molecule has 2 heterocycles. The Morgan fingerprint density at radius 3 is 2.75 bits per heavy atom. The number of carbonyl (C=O) groups is 1. The number of fused-ring (bicyclic) bond motifs is 1. The zero-order valence-electron chi connectivity index (χ0n) is 13.8. The van der Waals surface area contributed by atoms with Crippen molar-refractivity contribution in [2.75, 3.05) is 0 Å². The fourth-order valence-electron chi connectivity index (χ4n) is 2.66. The Labute approximate surface area is 139 Å². The number of aromatic nitrogens is 2. The number of phenolic OH excluding ortho intramolecular Hbond substituents is 1. The minimum Gasteiger partial charge on any atom is -0.505 e. The fraction of sp³-hybridized carbons (Fsp3) is 0.278. The lowest BCUT2D eigenvalue weighted by atomic mass is 9.94. The van der Waals surface area contributed by atoms with Crippen LogP contribution in [-0.2, 0) is 0 Å². The van der Waals surface area contributed by atoms with Crippen molar-refractivity contribution in [2.45, 2.75) is 26.8 Å². The average molecular weight is 325 g/mol. The molecule has 0 bridgehead atoms. The second-order valence-corrected chi connectivity index (χ2v) is 6.07. The first kappa shape index (κ1) is 16.0. The van der Waals surface area contributed by atoms with Gasteiger partial charge in [-0.15, -0.1) is 0 Å². The van der Waals surface area contributed by atoms with Gasteiger partial charge >= 0.3 is 5.91 Å². The van der Waals surface area contributed by atoms with Crippen LogP contribution in [0, 0.1) is 12.8 Å². The molecule has 24 heavy (non-hydrogen) atoms. The third-order valence-electron chi connectivity index (χ3n) is 3.88. The molecule has 0 aliphatic heterocycles. The minimum atomic E-state index is -0.415. The Hall–Kier alpha value is -2.89. The number of oxazole rings is 1. The summed E-state index contributed by atoms with van der Waals surface area (Å²) in [5.41, 5.74) is 1.77. The lowest BCUT2D eigenvalue weighted by Crippen LogP contribution is -2.32. The molecule has 124 valence electrons. The summed E-state index contributed by atoms with van der Waals surface area (Å²) < 4.78 is 5.15. The average Bonchev–Trinajstić information content (AvgIpc) is 3.00. The third kappa shape index (κ3) is 2.95. The number of nitrogens with zero attached hydrogens (tertiary/aromatic N) is 2. The molecular weight excluding hydrogens is 306 g/mol. The van der Waals surface area contributed by atoms with Crippen molar-refractivity contribution in [3.63, 3.8) is 0 Å². The van der Waals surface area contributed by atoms with Crippen molar-refractivity contribution in [3.05, 3.63) is 53.9 Å². The maximum atomic E-state index is 12.4. The van der Waals surface area contributed by atoms with E-state index in [1.807, 2.05) is 38.1 Å². The molecule has 0 saturated carbocycles. The summed E-state index contributed by atoms with van der Waals surface area (Å²) in [6.07, 6.45) is 3.06. The number of nitrogens with one attached hydrogen (secondary N) is 1. The van der Waals surface area contributed by atoms with Gasteiger partial charge in [0.05, 0.1) is 11.7 Å². The number of hydrogen-bond donors (Lipinski definition) is 2. The van der Waals surface area contributed by atoms with Crippen LogP contribution in [0.1, 0.15) is 41.8 Å². The molecule has 0 aliphatic rings. The molecule has 2 aromatic heterocycles. The number of phenols is 1. The molecule has 0 radical (unpaired) electrons. The van der Waals surface area contributed by atoms with Gasteiger partial charge in [0.1, 0.15) is 17.5 Å². The molecule has 1 aromatic carbocycles. The number of rotatable bonds is 4. The highest BCUT2D eigenvalue weighted by atomic mass is 16.4. The minimum absolute atomic E-state index is 0.0107. The molecule has 1 unspecified atom stereocenters. The lowest BCUT2D eigenvalue weighted by Gasteiger charge is -2.23. The molecule has 1 atom stereocenters. The van der Waals surface area contributed by atoms with E-state index < -0.39 is 11.9 Å². The maximum absolute atomic E-state index is 12.4. The molecule has 1 amide bonds. The molecule has 0 saturated heterocycles. The van der Waals surface area contributed by atoms with Gasteiger partial charge in [0.15, 0.2) is 0 Å². The topological polar surface area (TPSA) is 88.2 Å². The van der Waals surface area contributed by atoms with Crippen LogP contribution >= 0.6 is 0 Å². The first-order valence-corrected chi connectivity index (χ1v) is 7.77. The van der Waals surface area contributed by atoms with Gasteiger partial charge in [-0.25, -0.2) is 4.98 Å².